The molecule has 2 aromatic carbocycles. The Morgan fingerprint density at radius 1 is 1.11 bits per heavy atom. The molecule has 1 fully saturated rings. The van der Waals surface area contributed by atoms with E-state index >= 15 is 0 Å². The zero-order valence-electron chi connectivity index (χ0n) is 15.2. The van der Waals surface area contributed by atoms with Crippen LogP contribution in [0.2, 0.25) is 5.02 Å². The number of nitrogens with one attached hydrogen (secondary N) is 1. The number of para-hydroxylation sites is 1. The Bertz CT molecular complexity index is 816. The molecule has 1 aliphatic carbocycles. The Labute approximate surface area is 168 Å². The Balaban J connectivity index is 1.66. The monoisotopic (exact) mass is 403 g/mol. The van der Waals surface area contributed by atoms with Crippen molar-refractivity contribution in [3.63, 3.8) is 0 Å². The standard InChI is InChI=1S/C21H22ClNO3S/c1-27-18-7-3-2-6-17(18)23-19(24)14-26-20(25)21(12-4-5-13-21)15-8-10-16(22)11-9-15/h2-3,6-11H,4-5,12-14H2,1H3,(H,23,24). The number of carbonyl (C=O) groups excluding carboxylic acids is 2. The lowest BCUT2D eigenvalue weighted by molar-refractivity contribution is -0.153. The number of benzene rings is 2. The van der Waals surface area contributed by atoms with Gasteiger partial charge in [-0.3, -0.25) is 9.59 Å². The van der Waals surface area contributed by atoms with Gasteiger partial charge in [0.1, 0.15) is 0 Å². The number of thioether (sulfide) groups is 1. The van der Waals surface area contributed by atoms with E-state index < -0.39 is 5.41 Å². The number of esters is 1. The van der Waals surface area contributed by atoms with E-state index in [-0.39, 0.29) is 18.5 Å². The summed E-state index contributed by atoms with van der Waals surface area (Å²) in [6.07, 6.45) is 5.33. The molecule has 0 unspecified atom stereocenters. The molecule has 1 amide bonds. The molecular weight excluding hydrogens is 382 g/mol. The summed E-state index contributed by atoms with van der Waals surface area (Å²) < 4.78 is 5.43. The fraction of sp³-hybridized carbons (Fsp3) is 0.333. The summed E-state index contributed by atoms with van der Waals surface area (Å²) in [4.78, 5) is 26.1. The van der Waals surface area contributed by atoms with Gasteiger partial charge >= 0.3 is 5.97 Å². The van der Waals surface area contributed by atoms with Gasteiger partial charge in [0.05, 0.1) is 11.1 Å². The van der Waals surface area contributed by atoms with E-state index in [9.17, 15) is 9.59 Å². The van der Waals surface area contributed by atoms with Crippen molar-refractivity contribution >= 4 is 40.9 Å². The molecular formula is C21H22ClNO3S. The van der Waals surface area contributed by atoms with Crippen molar-refractivity contribution in [3.05, 3.63) is 59.1 Å². The van der Waals surface area contributed by atoms with E-state index in [1.54, 1.807) is 23.9 Å². The summed E-state index contributed by atoms with van der Waals surface area (Å²) in [5, 5.41) is 3.44. The number of hydrogen-bond donors (Lipinski definition) is 1. The smallest absolute Gasteiger partial charge is 0.317 e. The maximum absolute atomic E-state index is 12.9. The highest BCUT2D eigenvalue weighted by Gasteiger charge is 2.44. The fourth-order valence-corrected chi connectivity index (χ4v) is 4.24. The van der Waals surface area contributed by atoms with Crippen LogP contribution in [0, 0.1) is 0 Å². The summed E-state index contributed by atoms with van der Waals surface area (Å²) in [5.41, 5.74) is 0.948. The van der Waals surface area contributed by atoms with E-state index in [2.05, 4.69) is 5.32 Å². The molecule has 0 bridgehead atoms. The maximum Gasteiger partial charge on any atom is 0.317 e. The highest BCUT2D eigenvalue weighted by molar-refractivity contribution is 7.98. The van der Waals surface area contributed by atoms with Crippen molar-refractivity contribution in [2.24, 2.45) is 0 Å². The zero-order chi connectivity index (χ0) is 19.3. The average Bonchev–Trinajstić information content (AvgIpc) is 3.18. The van der Waals surface area contributed by atoms with Gasteiger partial charge in [-0.25, -0.2) is 0 Å². The Kier molecular flexibility index (Phi) is 6.45. The Morgan fingerprint density at radius 2 is 1.78 bits per heavy atom. The number of carbonyl (C=O) groups is 2. The summed E-state index contributed by atoms with van der Waals surface area (Å²) in [6, 6.07) is 14.9. The molecule has 0 radical (unpaired) electrons. The minimum Gasteiger partial charge on any atom is -0.455 e. The van der Waals surface area contributed by atoms with Crippen LogP contribution in [-0.4, -0.2) is 24.7 Å². The van der Waals surface area contributed by atoms with Crippen LogP contribution in [0.1, 0.15) is 31.2 Å². The first-order valence-corrected chi connectivity index (χ1v) is 10.5. The predicted octanol–water partition coefficient (Wildman–Crippen LogP) is 5.06. The SMILES string of the molecule is CSc1ccccc1NC(=O)COC(=O)C1(c2ccc(Cl)cc2)CCCC1. The van der Waals surface area contributed by atoms with Crippen molar-refractivity contribution in [2.45, 2.75) is 36.0 Å². The van der Waals surface area contributed by atoms with Gasteiger partial charge in [-0.1, -0.05) is 48.7 Å². The van der Waals surface area contributed by atoms with Crippen molar-refractivity contribution < 1.29 is 14.3 Å². The summed E-state index contributed by atoms with van der Waals surface area (Å²) >= 11 is 7.52. The fourth-order valence-electron chi connectivity index (χ4n) is 3.56. The third-order valence-corrected chi connectivity index (χ3v) is 6.01. The third kappa shape index (κ3) is 4.47. The Hall–Kier alpha value is -1.98. The molecule has 6 heteroatoms. The molecule has 0 spiro atoms. The summed E-state index contributed by atoms with van der Waals surface area (Å²) in [6.45, 7) is -0.295. The van der Waals surface area contributed by atoms with Crippen molar-refractivity contribution in [1.82, 2.24) is 0 Å². The van der Waals surface area contributed by atoms with Crippen molar-refractivity contribution in [3.8, 4) is 0 Å². The van der Waals surface area contributed by atoms with Crippen LogP contribution in [0.4, 0.5) is 5.69 Å². The van der Waals surface area contributed by atoms with Crippen LogP contribution < -0.4 is 5.32 Å². The first-order chi connectivity index (χ1) is 13.0. The molecule has 3 rings (SSSR count). The van der Waals surface area contributed by atoms with Gasteiger partial charge in [-0.05, 0) is 48.9 Å². The molecule has 0 heterocycles. The highest BCUT2D eigenvalue weighted by atomic mass is 35.5. The summed E-state index contributed by atoms with van der Waals surface area (Å²) in [7, 11) is 0. The van der Waals surface area contributed by atoms with Gasteiger partial charge < -0.3 is 10.1 Å². The first kappa shape index (κ1) is 19.8. The van der Waals surface area contributed by atoms with Crippen molar-refractivity contribution in [1.29, 1.82) is 0 Å². The molecule has 0 aromatic heterocycles. The third-order valence-electron chi connectivity index (χ3n) is 4.96. The van der Waals surface area contributed by atoms with Gasteiger partial charge in [0.25, 0.3) is 5.91 Å². The second-order valence-electron chi connectivity index (χ2n) is 6.62. The van der Waals surface area contributed by atoms with E-state index in [1.807, 2.05) is 42.7 Å². The van der Waals surface area contributed by atoms with Gasteiger partial charge in [0.15, 0.2) is 6.61 Å². The second kappa shape index (κ2) is 8.81. The van der Waals surface area contributed by atoms with Crippen LogP contribution in [0.25, 0.3) is 0 Å². The number of amides is 1. The molecule has 1 N–H and O–H groups in total. The molecule has 1 saturated carbocycles. The predicted molar refractivity (Wildman–Crippen MR) is 109 cm³/mol. The number of halogens is 1. The van der Waals surface area contributed by atoms with Crippen LogP contribution in [-0.2, 0) is 19.7 Å². The quantitative estimate of drug-likeness (QED) is 0.541. The van der Waals surface area contributed by atoms with Gasteiger partial charge in [0, 0.05) is 9.92 Å². The number of anilines is 1. The van der Waals surface area contributed by atoms with Gasteiger partial charge in [-0.15, -0.1) is 11.8 Å². The largest absolute Gasteiger partial charge is 0.455 e. The topological polar surface area (TPSA) is 55.4 Å². The van der Waals surface area contributed by atoms with Crippen LogP contribution in [0.5, 0.6) is 0 Å². The van der Waals surface area contributed by atoms with Crippen molar-refractivity contribution in [2.75, 3.05) is 18.2 Å². The van der Waals surface area contributed by atoms with Crippen LogP contribution in [0.15, 0.2) is 53.4 Å². The maximum atomic E-state index is 12.9. The molecule has 4 nitrogen and oxygen atoms in total. The van der Waals surface area contributed by atoms with E-state index in [0.29, 0.717) is 5.02 Å². The first-order valence-electron chi connectivity index (χ1n) is 8.91. The molecule has 1 aliphatic rings. The average molecular weight is 404 g/mol. The molecule has 0 atom stereocenters. The zero-order valence-corrected chi connectivity index (χ0v) is 16.7. The lowest BCUT2D eigenvalue weighted by atomic mass is 9.79. The molecule has 27 heavy (non-hydrogen) atoms. The lowest BCUT2D eigenvalue weighted by Crippen LogP contribution is -2.36. The highest BCUT2D eigenvalue weighted by Crippen LogP contribution is 2.42. The van der Waals surface area contributed by atoms with Crippen LogP contribution in [0.3, 0.4) is 0 Å². The number of hydrogen-bond acceptors (Lipinski definition) is 4. The van der Waals surface area contributed by atoms with E-state index in [4.69, 9.17) is 16.3 Å². The van der Waals surface area contributed by atoms with Crippen LogP contribution >= 0.6 is 23.4 Å². The summed E-state index contributed by atoms with van der Waals surface area (Å²) in [5.74, 6) is -0.676. The van der Waals surface area contributed by atoms with E-state index in [1.165, 1.54) is 0 Å². The van der Waals surface area contributed by atoms with E-state index in [0.717, 1.165) is 41.8 Å². The Morgan fingerprint density at radius 3 is 2.44 bits per heavy atom. The second-order valence-corrected chi connectivity index (χ2v) is 7.91. The van der Waals surface area contributed by atoms with Gasteiger partial charge in [-0.2, -0.15) is 0 Å². The number of ether oxygens (including phenoxy) is 1. The number of rotatable bonds is 6. The molecule has 0 saturated heterocycles. The minimum atomic E-state index is -0.679. The normalized spacial score (nSPS) is 15.3. The molecule has 0 aliphatic heterocycles. The lowest BCUT2D eigenvalue weighted by Gasteiger charge is -2.27. The minimum absolute atomic E-state index is 0.295. The molecule has 2 aromatic rings. The van der Waals surface area contributed by atoms with Gasteiger partial charge in [0.2, 0.25) is 0 Å². The molecule has 142 valence electrons.